The Bertz CT molecular complexity index is 723. The van der Waals surface area contributed by atoms with Gasteiger partial charge in [0.2, 0.25) is 20.0 Å². The Labute approximate surface area is 156 Å². The van der Waals surface area contributed by atoms with Crippen LogP contribution in [-0.2, 0) is 20.0 Å². The summed E-state index contributed by atoms with van der Waals surface area (Å²) >= 11 is 0. The predicted molar refractivity (Wildman–Crippen MR) is 101 cm³/mol. The molecule has 2 aliphatic rings. The minimum atomic E-state index is -3.61. The molecule has 0 aromatic heterocycles. The van der Waals surface area contributed by atoms with Gasteiger partial charge in [0.1, 0.15) is 0 Å². The molecule has 0 aliphatic heterocycles. The lowest BCUT2D eigenvalue weighted by molar-refractivity contribution is 0.411. The second-order valence-corrected chi connectivity index (χ2v) is 10.8. The Morgan fingerprint density at radius 1 is 0.577 bits per heavy atom. The van der Waals surface area contributed by atoms with E-state index in [2.05, 4.69) is 9.44 Å². The Balaban J connectivity index is 1.68. The minimum absolute atomic E-state index is 0.0230. The number of benzene rings is 1. The molecule has 0 atom stereocenters. The Hall–Kier alpha value is -0.960. The predicted octanol–water partition coefficient (Wildman–Crippen LogP) is 2.91. The average molecular weight is 401 g/mol. The molecule has 26 heavy (non-hydrogen) atoms. The van der Waals surface area contributed by atoms with Crippen LogP contribution in [0.2, 0.25) is 0 Å². The molecule has 146 valence electrons. The molecule has 2 aliphatic carbocycles. The van der Waals surface area contributed by atoms with E-state index in [1.165, 1.54) is 24.3 Å². The van der Waals surface area contributed by atoms with Crippen molar-refractivity contribution in [1.82, 2.24) is 9.44 Å². The number of hydrogen-bond acceptors (Lipinski definition) is 4. The second-order valence-electron chi connectivity index (χ2n) is 7.38. The van der Waals surface area contributed by atoms with Gasteiger partial charge in [-0.05, 0) is 49.9 Å². The Kier molecular flexibility index (Phi) is 6.37. The maximum Gasteiger partial charge on any atom is 0.240 e. The fourth-order valence-corrected chi connectivity index (χ4v) is 6.42. The van der Waals surface area contributed by atoms with E-state index in [4.69, 9.17) is 0 Å². The van der Waals surface area contributed by atoms with Gasteiger partial charge in [-0.2, -0.15) is 0 Å². The van der Waals surface area contributed by atoms with E-state index in [1.54, 1.807) is 0 Å². The van der Waals surface area contributed by atoms with Gasteiger partial charge in [0.25, 0.3) is 0 Å². The number of sulfonamides is 2. The molecule has 1 aromatic rings. The largest absolute Gasteiger partial charge is 0.240 e. The van der Waals surface area contributed by atoms with Gasteiger partial charge in [-0.3, -0.25) is 0 Å². The third-order valence-electron chi connectivity index (χ3n) is 5.30. The summed E-state index contributed by atoms with van der Waals surface area (Å²) in [6.07, 6.45) is 9.89. The van der Waals surface area contributed by atoms with Crippen molar-refractivity contribution in [3.63, 3.8) is 0 Å². The van der Waals surface area contributed by atoms with E-state index in [-0.39, 0.29) is 21.9 Å². The molecule has 2 fully saturated rings. The zero-order valence-corrected chi connectivity index (χ0v) is 16.6. The standard InChI is InChI=1S/C18H28N2O4S2/c21-25(22,19-15-7-3-1-4-8-15)17-11-13-18(14-12-17)26(23,24)20-16-9-5-2-6-10-16/h11-16,19-20H,1-10H2. The highest BCUT2D eigenvalue weighted by Gasteiger charge is 2.24. The van der Waals surface area contributed by atoms with Gasteiger partial charge in [0, 0.05) is 12.1 Å². The molecular weight excluding hydrogens is 372 g/mol. The van der Waals surface area contributed by atoms with Crippen LogP contribution in [0, 0.1) is 0 Å². The molecule has 0 bridgehead atoms. The van der Waals surface area contributed by atoms with Crippen molar-refractivity contribution in [3.05, 3.63) is 24.3 Å². The average Bonchev–Trinajstić information content (AvgIpc) is 2.63. The van der Waals surface area contributed by atoms with Crippen LogP contribution in [0.1, 0.15) is 64.2 Å². The molecule has 3 rings (SSSR count). The lowest BCUT2D eigenvalue weighted by Gasteiger charge is -2.23. The van der Waals surface area contributed by atoms with E-state index in [0.29, 0.717) is 0 Å². The molecule has 0 heterocycles. The van der Waals surface area contributed by atoms with Crippen molar-refractivity contribution < 1.29 is 16.8 Å². The van der Waals surface area contributed by atoms with E-state index in [1.807, 2.05) is 0 Å². The van der Waals surface area contributed by atoms with Crippen molar-refractivity contribution in [2.45, 2.75) is 86.1 Å². The number of nitrogens with one attached hydrogen (secondary N) is 2. The molecular formula is C18H28N2O4S2. The van der Waals surface area contributed by atoms with Crippen LogP contribution in [0.4, 0.5) is 0 Å². The van der Waals surface area contributed by atoms with Crippen LogP contribution in [0.25, 0.3) is 0 Å². The van der Waals surface area contributed by atoms with E-state index >= 15 is 0 Å². The molecule has 2 saturated carbocycles. The third kappa shape index (κ3) is 5.06. The first-order valence-electron chi connectivity index (χ1n) is 9.51. The third-order valence-corrected chi connectivity index (χ3v) is 8.37. The first-order chi connectivity index (χ1) is 12.4. The van der Waals surface area contributed by atoms with Crippen LogP contribution in [-0.4, -0.2) is 28.9 Å². The Morgan fingerprint density at radius 3 is 1.19 bits per heavy atom. The number of rotatable bonds is 6. The van der Waals surface area contributed by atoms with Gasteiger partial charge in [0.15, 0.2) is 0 Å². The van der Waals surface area contributed by atoms with Gasteiger partial charge in [-0.25, -0.2) is 26.3 Å². The maximum atomic E-state index is 12.5. The normalized spacial score (nSPS) is 20.9. The minimum Gasteiger partial charge on any atom is -0.208 e. The van der Waals surface area contributed by atoms with E-state index in [0.717, 1.165) is 64.2 Å². The van der Waals surface area contributed by atoms with Crippen molar-refractivity contribution in [1.29, 1.82) is 0 Å². The highest BCUT2D eigenvalue weighted by molar-refractivity contribution is 7.90. The summed E-state index contributed by atoms with van der Waals surface area (Å²) in [4.78, 5) is 0.222. The maximum absolute atomic E-state index is 12.5. The van der Waals surface area contributed by atoms with Crippen LogP contribution >= 0.6 is 0 Å². The molecule has 0 spiro atoms. The molecule has 6 nitrogen and oxygen atoms in total. The molecule has 0 saturated heterocycles. The first kappa shape index (κ1) is 19.8. The quantitative estimate of drug-likeness (QED) is 0.768. The Morgan fingerprint density at radius 2 is 0.885 bits per heavy atom. The van der Waals surface area contributed by atoms with Gasteiger partial charge in [-0.1, -0.05) is 38.5 Å². The fraction of sp³-hybridized carbons (Fsp3) is 0.667. The summed E-state index contributed by atoms with van der Waals surface area (Å²) < 4.78 is 55.5. The molecule has 8 heteroatoms. The summed E-state index contributed by atoms with van der Waals surface area (Å²) in [6.45, 7) is 0. The molecule has 2 N–H and O–H groups in total. The molecule has 0 amide bonds. The summed E-state index contributed by atoms with van der Waals surface area (Å²) in [6, 6.07) is 5.46. The van der Waals surface area contributed by atoms with Crippen LogP contribution in [0.15, 0.2) is 34.1 Å². The molecule has 1 aromatic carbocycles. The van der Waals surface area contributed by atoms with Crippen molar-refractivity contribution in [2.75, 3.05) is 0 Å². The van der Waals surface area contributed by atoms with Gasteiger partial charge >= 0.3 is 0 Å². The van der Waals surface area contributed by atoms with Gasteiger partial charge in [0.05, 0.1) is 9.79 Å². The highest BCUT2D eigenvalue weighted by atomic mass is 32.2. The smallest absolute Gasteiger partial charge is 0.208 e. The lowest BCUT2D eigenvalue weighted by Crippen LogP contribution is -2.36. The van der Waals surface area contributed by atoms with Gasteiger partial charge < -0.3 is 0 Å². The first-order valence-corrected chi connectivity index (χ1v) is 12.5. The monoisotopic (exact) mass is 400 g/mol. The topological polar surface area (TPSA) is 92.3 Å². The van der Waals surface area contributed by atoms with Crippen LogP contribution < -0.4 is 9.44 Å². The fourth-order valence-electron chi connectivity index (χ4n) is 3.81. The molecule has 0 radical (unpaired) electrons. The van der Waals surface area contributed by atoms with Crippen LogP contribution in [0.3, 0.4) is 0 Å². The molecule has 0 unspecified atom stereocenters. The zero-order chi connectivity index (χ0) is 18.6. The summed E-state index contributed by atoms with van der Waals surface area (Å²) in [5, 5.41) is 0. The summed E-state index contributed by atoms with van der Waals surface area (Å²) in [7, 11) is -7.23. The summed E-state index contributed by atoms with van der Waals surface area (Å²) in [5.74, 6) is 0. The highest BCUT2D eigenvalue weighted by Crippen LogP contribution is 2.22. The zero-order valence-electron chi connectivity index (χ0n) is 15.0. The lowest BCUT2D eigenvalue weighted by atomic mass is 9.96. The number of hydrogen-bond donors (Lipinski definition) is 2. The van der Waals surface area contributed by atoms with Crippen LogP contribution in [0.5, 0.6) is 0 Å². The van der Waals surface area contributed by atoms with Crippen molar-refractivity contribution >= 4 is 20.0 Å². The summed E-state index contributed by atoms with van der Waals surface area (Å²) in [5.41, 5.74) is 0. The SMILES string of the molecule is O=S(=O)(NC1CCCCC1)c1ccc(S(=O)(=O)NC2CCCCC2)cc1. The van der Waals surface area contributed by atoms with E-state index in [9.17, 15) is 16.8 Å². The van der Waals surface area contributed by atoms with Gasteiger partial charge in [-0.15, -0.1) is 0 Å². The van der Waals surface area contributed by atoms with E-state index < -0.39 is 20.0 Å². The van der Waals surface area contributed by atoms with Crippen molar-refractivity contribution in [3.8, 4) is 0 Å². The van der Waals surface area contributed by atoms with Crippen molar-refractivity contribution in [2.24, 2.45) is 0 Å². The second kappa shape index (κ2) is 8.37.